The summed E-state index contributed by atoms with van der Waals surface area (Å²) < 4.78 is 0. The number of nitrogens with one attached hydrogen (secondary N) is 1. The molecule has 0 amide bonds. The van der Waals surface area contributed by atoms with Crippen LogP contribution in [-0.4, -0.2) is 11.3 Å². The van der Waals surface area contributed by atoms with E-state index in [1.54, 1.807) is 0 Å². The fourth-order valence-corrected chi connectivity index (χ4v) is 3.40. The maximum absolute atomic E-state index is 4.94. The zero-order chi connectivity index (χ0) is 19.2. The second kappa shape index (κ2) is 8.10. The van der Waals surface area contributed by atoms with E-state index >= 15 is 0 Å². The summed E-state index contributed by atoms with van der Waals surface area (Å²) in [6.07, 6.45) is 9.49. The lowest BCUT2D eigenvalue weighted by atomic mass is 9.92. The Bertz CT molecular complexity index is 1020. The van der Waals surface area contributed by atoms with Crippen LogP contribution >= 0.6 is 0 Å². The van der Waals surface area contributed by atoms with Crippen molar-refractivity contribution in [1.29, 1.82) is 0 Å². The topological polar surface area (TPSA) is 24.4 Å². The quantitative estimate of drug-likeness (QED) is 0.543. The summed E-state index contributed by atoms with van der Waals surface area (Å²) in [6.45, 7) is 2.22. The van der Waals surface area contributed by atoms with E-state index in [0.29, 0.717) is 0 Å². The molecule has 0 radical (unpaired) electrons. The third-order valence-corrected chi connectivity index (χ3v) is 4.85. The van der Waals surface area contributed by atoms with E-state index in [-0.39, 0.29) is 5.54 Å². The molecule has 1 atom stereocenters. The van der Waals surface area contributed by atoms with Gasteiger partial charge in [0.25, 0.3) is 0 Å². The number of aliphatic imine (C=N–C) groups is 1. The molecular formula is C26H24N2. The third-order valence-electron chi connectivity index (χ3n) is 4.85. The lowest BCUT2D eigenvalue weighted by molar-refractivity contribution is 0.673. The number of anilines is 1. The molecule has 28 heavy (non-hydrogen) atoms. The number of hydrogen-bond donors (Lipinski definition) is 1. The van der Waals surface area contributed by atoms with Crippen molar-refractivity contribution in [1.82, 2.24) is 0 Å². The molecule has 0 saturated heterocycles. The molecule has 1 N–H and O–H groups in total. The average molecular weight is 364 g/mol. The Kier molecular flexibility index (Phi) is 5.20. The van der Waals surface area contributed by atoms with Gasteiger partial charge in [-0.05, 0) is 36.3 Å². The lowest BCUT2D eigenvalue weighted by Crippen LogP contribution is -2.33. The van der Waals surface area contributed by atoms with Crippen LogP contribution in [0.15, 0.2) is 102 Å². The minimum absolute atomic E-state index is 0.234. The lowest BCUT2D eigenvalue weighted by Gasteiger charge is -2.27. The van der Waals surface area contributed by atoms with Crippen LogP contribution in [0, 0.1) is 0 Å². The van der Waals surface area contributed by atoms with E-state index in [1.807, 2.05) is 24.3 Å². The van der Waals surface area contributed by atoms with E-state index in [2.05, 4.69) is 97.2 Å². The van der Waals surface area contributed by atoms with E-state index < -0.39 is 0 Å². The Balaban J connectivity index is 1.67. The minimum atomic E-state index is -0.234. The standard InChI is InChI=1S/C26H24N2/c1-26(19-18-22-12-6-3-7-13-22)20-23(17-16-21-10-4-2-5-11-21)27-24-14-8-9-15-25(24)28-26/h2-19,28H,20H2,1H3/b17-16+,19-18+. The molecule has 1 unspecified atom stereocenters. The molecule has 138 valence electrons. The van der Waals surface area contributed by atoms with Crippen LogP contribution in [0.2, 0.25) is 0 Å². The molecule has 3 aromatic rings. The molecule has 1 heterocycles. The highest BCUT2D eigenvalue weighted by molar-refractivity contribution is 6.02. The Morgan fingerprint density at radius 3 is 2.07 bits per heavy atom. The van der Waals surface area contributed by atoms with Gasteiger partial charge in [-0.1, -0.05) is 91.0 Å². The van der Waals surface area contributed by atoms with Gasteiger partial charge in [-0.15, -0.1) is 0 Å². The molecule has 1 aliphatic heterocycles. The second-order valence-electron chi connectivity index (χ2n) is 7.33. The SMILES string of the molecule is CC1(/C=C/c2ccccc2)CC(/C=C/c2ccccc2)=Nc2ccccc2N1. The maximum atomic E-state index is 4.94. The van der Waals surface area contributed by atoms with Crippen molar-refractivity contribution in [2.45, 2.75) is 18.9 Å². The molecule has 0 aliphatic carbocycles. The molecule has 4 rings (SSSR count). The zero-order valence-corrected chi connectivity index (χ0v) is 16.0. The number of allylic oxidation sites excluding steroid dienone is 1. The van der Waals surface area contributed by atoms with Crippen molar-refractivity contribution in [2.75, 3.05) is 5.32 Å². The van der Waals surface area contributed by atoms with Gasteiger partial charge in [-0.3, -0.25) is 4.99 Å². The smallest absolute Gasteiger partial charge is 0.0864 e. The van der Waals surface area contributed by atoms with E-state index in [4.69, 9.17) is 4.99 Å². The van der Waals surface area contributed by atoms with Crippen LogP contribution < -0.4 is 5.32 Å². The molecule has 0 fully saturated rings. The zero-order valence-electron chi connectivity index (χ0n) is 16.0. The molecule has 0 saturated carbocycles. The van der Waals surface area contributed by atoms with Crippen LogP contribution in [0.25, 0.3) is 12.2 Å². The summed E-state index contributed by atoms with van der Waals surface area (Å²) in [5.41, 5.74) is 5.24. The molecule has 0 aromatic heterocycles. The van der Waals surface area contributed by atoms with E-state index in [9.17, 15) is 0 Å². The summed E-state index contributed by atoms with van der Waals surface area (Å²) in [5.74, 6) is 0. The summed E-state index contributed by atoms with van der Waals surface area (Å²) in [4.78, 5) is 4.94. The van der Waals surface area contributed by atoms with Crippen LogP contribution in [0.4, 0.5) is 11.4 Å². The molecule has 1 aliphatic rings. The van der Waals surface area contributed by atoms with Gasteiger partial charge in [0.1, 0.15) is 0 Å². The first-order chi connectivity index (χ1) is 13.7. The first-order valence-electron chi connectivity index (χ1n) is 9.62. The predicted molar refractivity (Wildman–Crippen MR) is 121 cm³/mol. The van der Waals surface area contributed by atoms with Gasteiger partial charge in [-0.25, -0.2) is 0 Å². The van der Waals surface area contributed by atoms with Gasteiger partial charge < -0.3 is 5.32 Å². The Morgan fingerprint density at radius 2 is 1.36 bits per heavy atom. The molecule has 0 bridgehead atoms. The van der Waals surface area contributed by atoms with E-state index in [0.717, 1.165) is 23.5 Å². The first-order valence-corrected chi connectivity index (χ1v) is 9.62. The van der Waals surface area contributed by atoms with Crippen LogP contribution in [0.5, 0.6) is 0 Å². The molecule has 0 spiro atoms. The second-order valence-corrected chi connectivity index (χ2v) is 7.33. The number of benzene rings is 3. The largest absolute Gasteiger partial charge is 0.374 e. The van der Waals surface area contributed by atoms with Gasteiger partial charge in [-0.2, -0.15) is 0 Å². The minimum Gasteiger partial charge on any atom is -0.374 e. The van der Waals surface area contributed by atoms with Crippen molar-refractivity contribution >= 4 is 29.2 Å². The Labute approximate surface area is 167 Å². The van der Waals surface area contributed by atoms with Gasteiger partial charge >= 0.3 is 0 Å². The third kappa shape index (κ3) is 4.47. The van der Waals surface area contributed by atoms with Crippen molar-refractivity contribution in [3.8, 4) is 0 Å². The molecule has 2 nitrogen and oxygen atoms in total. The van der Waals surface area contributed by atoms with E-state index in [1.165, 1.54) is 11.1 Å². The Hall–Kier alpha value is -3.39. The molecular weight excluding hydrogens is 340 g/mol. The van der Waals surface area contributed by atoms with Crippen molar-refractivity contribution in [3.05, 3.63) is 108 Å². The normalized spacial score (nSPS) is 19.1. The van der Waals surface area contributed by atoms with Gasteiger partial charge in [0, 0.05) is 12.1 Å². The summed E-state index contributed by atoms with van der Waals surface area (Å²) in [6, 6.07) is 29.0. The number of rotatable bonds is 4. The van der Waals surface area contributed by atoms with Crippen LogP contribution in [0.3, 0.4) is 0 Å². The fraction of sp³-hybridized carbons (Fsp3) is 0.115. The predicted octanol–water partition coefficient (Wildman–Crippen LogP) is 6.76. The highest BCUT2D eigenvalue weighted by atomic mass is 15.0. The molecule has 3 aromatic carbocycles. The van der Waals surface area contributed by atoms with Crippen molar-refractivity contribution in [3.63, 3.8) is 0 Å². The monoisotopic (exact) mass is 364 g/mol. The van der Waals surface area contributed by atoms with Crippen LogP contribution in [0.1, 0.15) is 24.5 Å². The first kappa shape index (κ1) is 18.0. The van der Waals surface area contributed by atoms with Gasteiger partial charge in [0.2, 0.25) is 0 Å². The number of hydrogen-bond acceptors (Lipinski definition) is 2. The van der Waals surface area contributed by atoms with Crippen molar-refractivity contribution in [2.24, 2.45) is 4.99 Å². The highest BCUT2D eigenvalue weighted by Gasteiger charge is 2.26. The number of fused-ring (bicyclic) bond motifs is 1. The van der Waals surface area contributed by atoms with Gasteiger partial charge in [0.05, 0.1) is 16.9 Å². The van der Waals surface area contributed by atoms with Gasteiger partial charge in [0.15, 0.2) is 0 Å². The summed E-state index contributed by atoms with van der Waals surface area (Å²) in [7, 11) is 0. The van der Waals surface area contributed by atoms with Crippen LogP contribution in [-0.2, 0) is 0 Å². The maximum Gasteiger partial charge on any atom is 0.0864 e. The average Bonchev–Trinajstić information content (AvgIpc) is 2.88. The highest BCUT2D eigenvalue weighted by Crippen LogP contribution is 2.34. The summed E-state index contributed by atoms with van der Waals surface area (Å²) in [5, 5.41) is 3.70. The Morgan fingerprint density at radius 1 is 0.750 bits per heavy atom. The number of nitrogens with zero attached hydrogens (tertiary/aromatic N) is 1. The molecule has 2 heteroatoms. The summed E-state index contributed by atoms with van der Waals surface area (Å²) >= 11 is 0. The van der Waals surface area contributed by atoms with Crippen molar-refractivity contribution < 1.29 is 0 Å². The fourth-order valence-electron chi connectivity index (χ4n) is 3.40. The number of para-hydroxylation sites is 2.